The van der Waals surface area contributed by atoms with E-state index >= 15 is 0 Å². The minimum absolute atomic E-state index is 0. The Morgan fingerprint density at radius 3 is 1.15 bits per heavy atom. The van der Waals surface area contributed by atoms with Gasteiger partial charge in [0.15, 0.2) is 0 Å². The number of carboxylic acid groups (broad SMARTS) is 1. The number of aliphatic hydroxyl groups is 1. The number of allylic oxidation sites excluding steroid dienone is 5. The average molecular weight is 1710 g/mol. The van der Waals surface area contributed by atoms with E-state index in [1.807, 2.05) is 183 Å². The van der Waals surface area contributed by atoms with Gasteiger partial charge in [0.05, 0.1) is 95.4 Å². The van der Waals surface area contributed by atoms with Crippen LogP contribution in [0.3, 0.4) is 0 Å². The van der Waals surface area contributed by atoms with E-state index in [9.17, 15) is 39.0 Å². The number of H-pyrrole nitrogens is 2. The van der Waals surface area contributed by atoms with E-state index < -0.39 is 12.1 Å². The first kappa shape index (κ1) is 98.1. The molecule has 0 saturated carbocycles. The molecule has 7 N–H and O–H groups in total. The average Bonchev–Trinajstić information content (AvgIpc) is 1.60. The molecule has 8 atom stereocenters. The molecule has 25 heteroatoms. The number of carbonyl (C=O) groups is 4. The summed E-state index contributed by atoms with van der Waals surface area (Å²) in [6.07, 6.45) is 38.3. The largest absolute Gasteiger partial charge is 1.00 e. The van der Waals surface area contributed by atoms with E-state index in [1.54, 1.807) is 26.0 Å². The number of aromatic amines is 2. The number of alkyl halides is 1. The predicted molar refractivity (Wildman–Crippen MR) is 468 cm³/mol. The van der Waals surface area contributed by atoms with Gasteiger partial charge < -0.3 is 72.3 Å². The number of carboxylic acids is 1. The molecular formula is C93H119BrClN8NaO14. The minimum atomic E-state index is -0.896. The van der Waals surface area contributed by atoms with E-state index in [2.05, 4.69) is 100 Å². The summed E-state index contributed by atoms with van der Waals surface area (Å²) in [6.45, 7) is 27.8. The minimum Gasteiger partial charge on any atom is -0.870 e. The summed E-state index contributed by atoms with van der Waals surface area (Å²) in [6, 6.07) is 26.7. The van der Waals surface area contributed by atoms with Crippen LogP contribution in [0.5, 0.6) is 0 Å². The molecule has 0 radical (unpaired) electrons. The normalized spacial score (nSPS) is 16.8. The van der Waals surface area contributed by atoms with Crippen LogP contribution in [0.4, 0.5) is 0 Å². The van der Waals surface area contributed by atoms with Crippen molar-refractivity contribution < 1.29 is 88.1 Å². The van der Waals surface area contributed by atoms with Crippen molar-refractivity contribution in [2.75, 3.05) is 13.2 Å². The third-order valence-electron chi connectivity index (χ3n) is 21.1. The van der Waals surface area contributed by atoms with Crippen molar-refractivity contribution in [2.24, 2.45) is 0 Å². The molecule has 0 bridgehead atoms. The van der Waals surface area contributed by atoms with Crippen molar-refractivity contribution in [1.82, 2.24) is 37.7 Å². The summed E-state index contributed by atoms with van der Waals surface area (Å²) in [5.74, 6) is -1.71. The van der Waals surface area contributed by atoms with Crippen molar-refractivity contribution in [2.45, 2.75) is 242 Å². The van der Waals surface area contributed by atoms with Crippen molar-refractivity contribution >= 4 is 73.6 Å². The number of aromatic carboxylic acids is 1. The number of hydrogen-bond acceptors (Lipinski definition) is 14. The van der Waals surface area contributed by atoms with Crippen molar-refractivity contribution in [3.05, 3.63) is 280 Å². The van der Waals surface area contributed by atoms with E-state index in [1.165, 1.54) is 19.3 Å². The van der Waals surface area contributed by atoms with E-state index in [0.717, 1.165) is 147 Å². The van der Waals surface area contributed by atoms with Gasteiger partial charge in [-0.3, -0.25) is 14.4 Å². The zero-order valence-electron chi connectivity index (χ0n) is 70.3. The Hall–Kier alpha value is -8.69. The smallest absolute Gasteiger partial charge is 0.870 e. The van der Waals surface area contributed by atoms with Crippen LogP contribution in [-0.4, -0.2) is 103 Å². The third-order valence-corrected chi connectivity index (χ3v) is 22.0. The Labute approximate surface area is 729 Å². The summed E-state index contributed by atoms with van der Waals surface area (Å²) in [4.78, 5) is 81.1. The number of ether oxygens (including phenoxy) is 5. The van der Waals surface area contributed by atoms with E-state index in [4.69, 9.17) is 35.5 Å². The number of esters is 2. The maximum atomic E-state index is 13.2. The molecule has 1 amide bonds. The van der Waals surface area contributed by atoms with Crippen molar-refractivity contribution in [3.8, 4) is 0 Å². The van der Waals surface area contributed by atoms with E-state index in [-0.39, 0.29) is 115 Å². The standard InChI is InChI=1S/C26H31N3O3.C20H25NO3.C18H21NO3.C14H17NO3.C8H11ClN2O.C6H9Br.CH4.Na.H2O/c1-16-13-17(2)28-26(31)23(16)15-27-25(30)22-14-20-9-8-12-29(20)24(18(22)3)19(4)32-21-10-6-5-7-11-21;1-4-23-20(22)18-13-16-9-8-12-21(16)19(14(18)2)15(3)24-17-10-6-5-7-11-17;1-12-16(18(20)21)11-14-7-6-10-19(14)17(12)13(2)22-15-8-4-3-5-9-15;1-4-18-14(17)12-8-11-6-5-7-15(11)13(9(12)2)10(3)16;1-5-3-6(2)11-8(12)7(5)4-10-9;7-6-4-2-1-3-5-6;;;/h6,8-10,12-14,19,21H,5,7,11,15H2,1-4H3,(H,27,30)(H,28,31);6,8-10,12-13,15,17H,4-5,7,11H2,1-3H3;4,6-8,10-11,13,15H,3,5,9H2,1-2H3,(H,20,21);5-8,10,16H,4H2,1-3H3;3,10H,4H2,1-2H3,(H,11,12);2,4,6H,1,3,5H2;1H4;;1H2/q;;;;;;;+1;/p-1. The van der Waals surface area contributed by atoms with Crippen molar-refractivity contribution in [1.29, 1.82) is 0 Å². The van der Waals surface area contributed by atoms with Crippen molar-refractivity contribution in [3.63, 3.8) is 0 Å². The number of fused-ring (bicyclic) bond motifs is 4. The molecule has 0 aromatic carbocycles. The maximum Gasteiger partial charge on any atom is 1.00 e. The van der Waals surface area contributed by atoms with Crippen LogP contribution >= 0.6 is 27.7 Å². The quantitative estimate of drug-likeness (QED) is 0.0136. The molecule has 8 unspecified atom stereocenters. The summed E-state index contributed by atoms with van der Waals surface area (Å²) >= 11 is 8.82. The van der Waals surface area contributed by atoms with Gasteiger partial charge in [-0.05, 0) is 304 Å². The molecule has 630 valence electrons. The first-order valence-electron chi connectivity index (χ1n) is 40.1. The summed E-state index contributed by atoms with van der Waals surface area (Å²) in [7, 11) is 0. The first-order chi connectivity index (χ1) is 55.1. The molecule has 0 saturated heterocycles. The Bertz CT molecular complexity index is 5280. The zero-order chi connectivity index (χ0) is 83.2. The van der Waals surface area contributed by atoms with Crippen LogP contribution in [0.2, 0.25) is 0 Å². The SMILES string of the molecule is BrC1C=CCCC1.C.CCOC(=O)c1cc2cccn2c(C(C)O)c1C.CCOC(=O)c1cc2cccn2c(C(C)OC2C=CCCC2)c1C.Cc1c(C(=O)O)cc2cccn2c1C(C)OC1C=CCCC1.Cc1cc(C)c(CNC(=O)c2cc3cccn3c(C(C)OC3C=CCCC3)c2C)c(=O)[nH]1.Cc1cc(C)c(CNCl)c(=O)[nH]1.[Na+].[OH-]. The topological polar surface area (TPSA) is 292 Å². The zero-order valence-corrected chi connectivity index (χ0v) is 74.7. The number of aromatic nitrogens is 6. The number of amides is 1. The Balaban J connectivity index is 0.000000228. The number of pyridine rings is 6. The number of nitrogens with zero attached hydrogens (tertiary/aromatic N) is 4. The van der Waals surface area contributed by atoms with Gasteiger partial charge in [0.2, 0.25) is 0 Å². The monoisotopic (exact) mass is 1710 g/mol. The van der Waals surface area contributed by atoms with Crippen LogP contribution in [0.1, 0.15) is 271 Å². The first-order valence-corrected chi connectivity index (χ1v) is 41.4. The molecule has 0 fully saturated rings. The molecule has 10 aromatic rings. The summed E-state index contributed by atoms with van der Waals surface area (Å²) in [5.41, 5.74) is 17.2. The second kappa shape index (κ2) is 47.3. The number of hydrogen-bond donors (Lipinski definition) is 6. The Morgan fingerprint density at radius 2 is 0.839 bits per heavy atom. The predicted octanol–water partition coefficient (Wildman–Crippen LogP) is 17.1. The molecule has 10 heterocycles. The Morgan fingerprint density at radius 1 is 0.508 bits per heavy atom. The second-order valence-electron chi connectivity index (χ2n) is 29.7. The molecule has 14 rings (SSSR count). The van der Waals surface area contributed by atoms with Gasteiger partial charge >= 0.3 is 47.5 Å². The molecule has 4 aliphatic rings. The second-order valence-corrected chi connectivity index (χ2v) is 31.1. The van der Waals surface area contributed by atoms with Gasteiger partial charge in [-0.25, -0.2) is 19.2 Å². The number of aryl methyl sites for hydroxylation is 4. The van der Waals surface area contributed by atoms with Gasteiger partial charge in [0.1, 0.15) is 0 Å². The van der Waals surface area contributed by atoms with Gasteiger partial charge in [-0.1, -0.05) is 72.0 Å². The van der Waals surface area contributed by atoms with Gasteiger partial charge in [-0.15, -0.1) is 0 Å². The fraction of sp³-hybridized carbons (Fsp3) is 0.419. The number of halogens is 2. The molecular weight excluding hydrogens is 1590 g/mol. The molecule has 10 aromatic heterocycles. The number of rotatable bonds is 20. The van der Waals surface area contributed by atoms with Gasteiger partial charge in [0, 0.05) is 92.8 Å². The third kappa shape index (κ3) is 25.7. The number of carbonyl (C=O) groups excluding carboxylic acids is 3. The number of aliphatic hydroxyl groups excluding tert-OH is 1. The van der Waals surface area contributed by atoms with Gasteiger partial charge in [-0.2, -0.15) is 0 Å². The van der Waals surface area contributed by atoms with Crippen LogP contribution in [-0.2, 0) is 36.8 Å². The maximum absolute atomic E-state index is 13.2. The molecule has 0 spiro atoms. The molecule has 0 aliphatic heterocycles. The molecule has 118 heavy (non-hydrogen) atoms. The summed E-state index contributed by atoms with van der Waals surface area (Å²) in [5, 5.41) is 22.3. The van der Waals surface area contributed by atoms with E-state index in [0.29, 0.717) is 58.0 Å². The van der Waals surface area contributed by atoms with Crippen LogP contribution in [0, 0.1) is 55.4 Å². The van der Waals surface area contributed by atoms with Crippen LogP contribution < -0.4 is 50.8 Å². The summed E-state index contributed by atoms with van der Waals surface area (Å²) < 4.78 is 37.2. The fourth-order valence-electron chi connectivity index (χ4n) is 15.5. The van der Waals surface area contributed by atoms with Crippen LogP contribution in [0.25, 0.3) is 22.1 Å². The Kier molecular flexibility index (Phi) is 39.4. The molecule has 22 nitrogen and oxygen atoms in total. The number of nitrogens with one attached hydrogen (secondary N) is 4. The van der Waals surface area contributed by atoms with Gasteiger partial charge in [0.25, 0.3) is 17.0 Å². The molecule has 4 aliphatic carbocycles. The fourth-order valence-corrected chi connectivity index (χ4v) is 16.2. The van der Waals surface area contributed by atoms with Crippen LogP contribution in [0.15, 0.2) is 168 Å².